The van der Waals surface area contributed by atoms with Gasteiger partial charge in [0.2, 0.25) is 5.91 Å². The molecule has 4 heterocycles. The predicted molar refractivity (Wildman–Crippen MR) is 152 cm³/mol. The van der Waals surface area contributed by atoms with Gasteiger partial charge in [-0.05, 0) is 72.6 Å². The first kappa shape index (κ1) is 25.6. The van der Waals surface area contributed by atoms with Gasteiger partial charge in [-0.15, -0.1) is 0 Å². The van der Waals surface area contributed by atoms with E-state index in [0.717, 1.165) is 65.9 Å². The molecule has 204 valence electrons. The predicted octanol–water partition coefficient (Wildman–Crippen LogP) is 5.83. The Morgan fingerprint density at radius 3 is 2.59 bits per heavy atom. The molecule has 2 aliphatic rings. The molecule has 2 fully saturated rings. The van der Waals surface area contributed by atoms with Crippen LogP contribution in [-0.4, -0.2) is 56.5 Å². The summed E-state index contributed by atoms with van der Waals surface area (Å²) < 4.78 is 16.1. The van der Waals surface area contributed by atoms with Crippen molar-refractivity contribution >= 4 is 22.8 Å². The van der Waals surface area contributed by atoms with Crippen LogP contribution in [0.1, 0.15) is 61.8 Å². The number of aromatic nitrogens is 4. The maximum Gasteiger partial charge on any atom is 0.242 e. The molecule has 6 rings (SSSR count). The molecule has 0 spiro atoms. The summed E-state index contributed by atoms with van der Waals surface area (Å²) in [4.78, 5) is 30.3. The van der Waals surface area contributed by atoms with Gasteiger partial charge in [-0.25, -0.2) is 14.4 Å². The molecule has 39 heavy (non-hydrogen) atoms. The molecule has 0 unspecified atom stereocenters. The second-order valence-electron chi connectivity index (χ2n) is 11.0. The van der Waals surface area contributed by atoms with E-state index in [-0.39, 0.29) is 11.7 Å². The molecule has 1 aliphatic heterocycles. The quantitative estimate of drug-likeness (QED) is 0.342. The second-order valence-corrected chi connectivity index (χ2v) is 11.0. The number of imidazole rings is 1. The molecule has 0 atom stereocenters. The van der Waals surface area contributed by atoms with Crippen LogP contribution in [0.25, 0.3) is 22.2 Å². The highest BCUT2D eigenvalue weighted by Gasteiger charge is 2.26. The number of fused-ring (bicyclic) bond motifs is 1. The Bertz CT molecular complexity index is 1480. The Kier molecular flexibility index (Phi) is 7.11. The van der Waals surface area contributed by atoms with Gasteiger partial charge in [0.1, 0.15) is 17.9 Å². The van der Waals surface area contributed by atoms with Crippen LogP contribution in [0.15, 0.2) is 43.0 Å². The number of halogens is 1. The number of nitrogens with zero attached hydrogens (tertiary/aromatic N) is 5. The highest BCUT2D eigenvalue weighted by Crippen LogP contribution is 2.36. The van der Waals surface area contributed by atoms with Crippen LogP contribution in [0.4, 0.5) is 10.2 Å². The number of H-pyrrole nitrogens is 1. The van der Waals surface area contributed by atoms with Crippen LogP contribution in [-0.2, 0) is 17.8 Å². The van der Waals surface area contributed by atoms with E-state index in [9.17, 15) is 9.18 Å². The summed E-state index contributed by atoms with van der Waals surface area (Å²) in [5.74, 6) is 1.33. The fourth-order valence-corrected chi connectivity index (χ4v) is 6.28. The fourth-order valence-electron chi connectivity index (χ4n) is 6.28. The van der Waals surface area contributed by atoms with E-state index >= 15 is 0 Å². The van der Waals surface area contributed by atoms with Crippen molar-refractivity contribution in [3.05, 3.63) is 65.6 Å². The molecule has 8 heteroatoms. The molecular weight excluding hydrogens is 491 g/mol. The number of amides is 1. The number of anilines is 1. The van der Waals surface area contributed by atoms with Gasteiger partial charge in [0.15, 0.2) is 5.82 Å². The molecule has 7 nitrogen and oxygen atoms in total. The lowest BCUT2D eigenvalue weighted by Crippen LogP contribution is -2.50. The third-order valence-electron chi connectivity index (χ3n) is 8.57. The van der Waals surface area contributed by atoms with E-state index in [0.29, 0.717) is 31.1 Å². The summed E-state index contributed by atoms with van der Waals surface area (Å²) in [7, 11) is 0. The van der Waals surface area contributed by atoms with Crippen LogP contribution in [0, 0.1) is 12.7 Å². The van der Waals surface area contributed by atoms with Crippen molar-refractivity contribution < 1.29 is 9.18 Å². The summed E-state index contributed by atoms with van der Waals surface area (Å²) >= 11 is 0. The smallest absolute Gasteiger partial charge is 0.242 e. The number of rotatable bonds is 6. The molecule has 3 aromatic heterocycles. The number of aryl methyl sites for hydroxylation is 2. The number of aromatic amines is 1. The van der Waals surface area contributed by atoms with Crippen molar-refractivity contribution in [2.45, 2.75) is 64.8 Å². The first-order valence-electron chi connectivity index (χ1n) is 14.3. The molecule has 0 radical (unpaired) electrons. The standard InChI is InChI=1S/C31H37FN6O/c1-3-22-17-33-31(30-29(22)34-20-35-30)37-13-11-36(12-14-37)28(39)19-38-18-25(24-9-10-26(32)21(2)15-24)16-27(38)23-7-5-4-6-8-23/h9-10,15-18,20,23H,3-8,11-14,19H2,1-2H3,(H,34,35). The van der Waals surface area contributed by atoms with E-state index < -0.39 is 0 Å². The van der Waals surface area contributed by atoms with E-state index in [1.165, 1.54) is 31.0 Å². The maximum atomic E-state index is 13.9. The van der Waals surface area contributed by atoms with E-state index in [1.807, 2.05) is 23.2 Å². The zero-order valence-corrected chi connectivity index (χ0v) is 22.9. The van der Waals surface area contributed by atoms with Gasteiger partial charge in [-0.2, -0.15) is 0 Å². The van der Waals surface area contributed by atoms with Crippen LogP contribution < -0.4 is 4.90 Å². The third kappa shape index (κ3) is 5.04. The van der Waals surface area contributed by atoms with Crippen molar-refractivity contribution in [1.29, 1.82) is 0 Å². The summed E-state index contributed by atoms with van der Waals surface area (Å²) in [6.07, 6.45) is 12.7. The normalized spacial score (nSPS) is 16.8. The van der Waals surface area contributed by atoms with Gasteiger partial charge < -0.3 is 19.4 Å². The Labute approximate surface area is 229 Å². The first-order chi connectivity index (χ1) is 19.0. The monoisotopic (exact) mass is 528 g/mol. The molecule has 1 saturated heterocycles. The van der Waals surface area contributed by atoms with E-state index in [2.05, 4.69) is 38.6 Å². The average Bonchev–Trinajstić information content (AvgIpc) is 3.63. The van der Waals surface area contributed by atoms with Crippen LogP contribution in [0.2, 0.25) is 0 Å². The van der Waals surface area contributed by atoms with E-state index in [4.69, 9.17) is 4.98 Å². The van der Waals surface area contributed by atoms with E-state index in [1.54, 1.807) is 13.3 Å². The van der Waals surface area contributed by atoms with Crippen molar-refractivity contribution in [3.8, 4) is 11.1 Å². The topological polar surface area (TPSA) is 70.1 Å². The summed E-state index contributed by atoms with van der Waals surface area (Å²) in [5.41, 5.74) is 7.02. The first-order valence-corrected chi connectivity index (χ1v) is 14.3. The van der Waals surface area contributed by atoms with Crippen LogP contribution in [0.5, 0.6) is 0 Å². The number of hydrogen-bond acceptors (Lipinski definition) is 4. The Morgan fingerprint density at radius 2 is 1.85 bits per heavy atom. The largest absolute Gasteiger partial charge is 0.351 e. The SMILES string of the molecule is CCc1cnc(N2CCN(C(=O)Cn3cc(-c4ccc(F)c(C)c4)cc3C3CCCCC3)CC2)c2[nH]cnc12. The maximum absolute atomic E-state index is 13.9. The second kappa shape index (κ2) is 10.8. The fraction of sp³-hybridized carbons (Fsp3) is 0.452. The minimum absolute atomic E-state index is 0.144. The zero-order chi connectivity index (χ0) is 26.9. The molecule has 1 N–H and O–H groups in total. The van der Waals surface area contributed by atoms with Crippen molar-refractivity contribution in [2.75, 3.05) is 31.1 Å². The highest BCUT2D eigenvalue weighted by atomic mass is 19.1. The van der Waals surface area contributed by atoms with Crippen molar-refractivity contribution in [3.63, 3.8) is 0 Å². The van der Waals surface area contributed by atoms with Crippen molar-refractivity contribution in [2.24, 2.45) is 0 Å². The average molecular weight is 529 g/mol. The van der Waals surface area contributed by atoms with Gasteiger partial charge in [-0.1, -0.05) is 32.3 Å². The lowest BCUT2D eigenvalue weighted by Gasteiger charge is -2.36. The molecule has 1 aliphatic carbocycles. The Morgan fingerprint density at radius 1 is 1.05 bits per heavy atom. The number of carbonyl (C=O) groups is 1. The molecule has 1 amide bonds. The molecular formula is C31H37FN6O. The van der Waals surface area contributed by atoms with Gasteiger partial charge in [0, 0.05) is 44.3 Å². The number of hydrogen-bond donors (Lipinski definition) is 1. The third-order valence-corrected chi connectivity index (χ3v) is 8.57. The number of piperazine rings is 1. The highest BCUT2D eigenvalue weighted by molar-refractivity contribution is 5.88. The minimum atomic E-state index is -0.190. The van der Waals surface area contributed by atoms with Crippen LogP contribution in [0.3, 0.4) is 0 Å². The van der Waals surface area contributed by atoms with Crippen LogP contribution >= 0.6 is 0 Å². The van der Waals surface area contributed by atoms with Crippen molar-refractivity contribution in [1.82, 2.24) is 24.4 Å². The molecule has 4 aromatic rings. The molecule has 0 bridgehead atoms. The van der Waals surface area contributed by atoms with Gasteiger partial charge >= 0.3 is 0 Å². The number of nitrogens with one attached hydrogen (secondary N) is 1. The van der Waals surface area contributed by atoms with Gasteiger partial charge in [0.25, 0.3) is 0 Å². The lowest BCUT2D eigenvalue weighted by atomic mass is 9.86. The lowest BCUT2D eigenvalue weighted by molar-refractivity contribution is -0.132. The number of carbonyl (C=O) groups excluding carboxylic acids is 1. The van der Waals surface area contributed by atoms with Gasteiger partial charge in [-0.3, -0.25) is 4.79 Å². The zero-order valence-electron chi connectivity index (χ0n) is 22.9. The molecule has 1 saturated carbocycles. The number of pyridine rings is 1. The summed E-state index contributed by atoms with van der Waals surface area (Å²) in [6.45, 7) is 7.04. The number of benzene rings is 1. The Hall–Kier alpha value is -3.68. The minimum Gasteiger partial charge on any atom is -0.351 e. The molecule has 1 aromatic carbocycles. The summed E-state index contributed by atoms with van der Waals surface area (Å²) in [6, 6.07) is 7.51. The van der Waals surface area contributed by atoms with Gasteiger partial charge in [0.05, 0.1) is 11.8 Å². The summed E-state index contributed by atoms with van der Waals surface area (Å²) in [5, 5.41) is 0. The Balaban J connectivity index is 1.18.